The lowest BCUT2D eigenvalue weighted by molar-refractivity contribution is -0.117. The van der Waals surface area contributed by atoms with Crippen molar-refractivity contribution in [2.75, 3.05) is 0 Å². The fraction of sp³-hybridized carbons (Fsp3) is 0.250. The lowest BCUT2D eigenvalue weighted by Crippen LogP contribution is -2.01. The Labute approximate surface area is 88.1 Å². The SMILES string of the molecule is CC(C)C(=O)/C=C/c1c(O)cccc1F. The maximum absolute atomic E-state index is 13.2. The molecule has 1 aromatic rings. The molecule has 0 spiro atoms. The number of phenols is 1. The monoisotopic (exact) mass is 208 g/mol. The van der Waals surface area contributed by atoms with E-state index in [-0.39, 0.29) is 23.0 Å². The quantitative estimate of drug-likeness (QED) is 0.775. The molecule has 1 rings (SSSR count). The Morgan fingerprint density at radius 2 is 2.13 bits per heavy atom. The summed E-state index contributed by atoms with van der Waals surface area (Å²) in [5.74, 6) is -0.932. The highest BCUT2D eigenvalue weighted by Gasteiger charge is 2.06. The maximum atomic E-state index is 13.2. The zero-order valence-electron chi connectivity index (χ0n) is 8.70. The number of ketones is 1. The molecule has 0 unspecified atom stereocenters. The van der Waals surface area contributed by atoms with Gasteiger partial charge in [0.25, 0.3) is 0 Å². The third kappa shape index (κ3) is 2.91. The highest BCUT2D eigenvalue weighted by Crippen LogP contribution is 2.21. The van der Waals surface area contributed by atoms with Gasteiger partial charge in [-0.1, -0.05) is 19.9 Å². The fourth-order valence-corrected chi connectivity index (χ4v) is 1.05. The van der Waals surface area contributed by atoms with E-state index in [1.54, 1.807) is 13.8 Å². The van der Waals surface area contributed by atoms with Crippen molar-refractivity contribution in [3.8, 4) is 5.75 Å². The van der Waals surface area contributed by atoms with Gasteiger partial charge in [-0.05, 0) is 24.3 Å². The molecule has 1 aromatic carbocycles. The van der Waals surface area contributed by atoms with Gasteiger partial charge in [-0.15, -0.1) is 0 Å². The first-order chi connectivity index (χ1) is 7.02. The molecule has 1 N–H and O–H groups in total. The van der Waals surface area contributed by atoms with Gasteiger partial charge in [-0.25, -0.2) is 4.39 Å². The standard InChI is InChI=1S/C12H13FO2/c1-8(2)11(14)7-6-9-10(13)4-3-5-12(9)15/h3-8,15H,1-2H3/b7-6+. The summed E-state index contributed by atoms with van der Waals surface area (Å²) in [6, 6.07) is 4.02. The summed E-state index contributed by atoms with van der Waals surface area (Å²) in [6.45, 7) is 3.52. The van der Waals surface area contributed by atoms with Gasteiger partial charge in [0, 0.05) is 5.92 Å². The number of carbonyl (C=O) groups excluding carboxylic acids is 1. The van der Waals surface area contributed by atoms with Crippen molar-refractivity contribution >= 4 is 11.9 Å². The lowest BCUT2D eigenvalue weighted by Gasteiger charge is -2.00. The number of rotatable bonds is 3. The highest BCUT2D eigenvalue weighted by molar-refractivity contribution is 5.95. The summed E-state index contributed by atoms with van der Waals surface area (Å²) in [4.78, 5) is 11.2. The van der Waals surface area contributed by atoms with Gasteiger partial charge in [-0.3, -0.25) is 4.79 Å². The third-order valence-corrected chi connectivity index (χ3v) is 2.01. The Hall–Kier alpha value is -1.64. The number of aromatic hydroxyl groups is 1. The molecule has 0 aliphatic carbocycles. The van der Waals surface area contributed by atoms with Crippen LogP contribution in [0.2, 0.25) is 0 Å². The molecule has 80 valence electrons. The zero-order chi connectivity index (χ0) is 11.4. The van der Waals surface area contributed by atoms with Crippen LogP contribution in [0.15, 0.2) is 24.3 Å². The van der Waals surface area contributed by atoms with Crippen LogP contribution in [0.1, 0.15) is 19.4 Å². The van der Waals surface area contributed by atoms with E-state index < -0.39 is 5.82 Å². The molecule has 0 saturated carbocycles. The molecule has 15 heavy (non-hydrogen) atoms. The van der Waals surface area contributed by atoms with Gasteiger partial charge in [0.1, 0.15) is 11.6 Å². The Kier molecular flexibility index (Phi) is 3.61. The molecule has 0 bridgehead atoms. The number of phenolic OH excluding ortho intramolecular Hbond substituents is 1. The van der Waals surface area contributed by atoms with E-state index in [1.165, 1.54) is 30.4 Å². The van der Waals surface area contributed by atoms with E-state index in [0.717, 1.165) is 0 Å². The van der Waals surface area contributed by atoms with Gasteiger partial charge in [0.15, 0.2) is 5.78 Å². The van der Waals surface area contributed by atoms with Crippen molar-refractivity contribution in [1.82, 2.24) is 0 Å². The van der Waals surface area contributed by atoms with Crippen LogP contribution in [0.3, 0.4) is 0 Å². The second kappa shape index (κ2) is 4.73. The van der Waals surface area contributed by atoms with Crippen LogP contribution in [0.5, 0.6) is 5.75 Å². The van der Waals surface area contributed by atoms with Gasteiger partial charge >= 0.3 is 0 Å². The average molecular weight is 208 g/mol. The Balaban J connectivity index is 2.94. The van der Waals surface area contributed by atoms with Crippen molar-refractivity contribution in [2.45, 2.75) is 13.8 Å². The smallest absolute Gasteiger partial charge is 0.158 e. The van der Waals surface area contributed by atoms with Crippen LogP contribution in [0, 0.1) is 11.7 Å². The van der Waals surface area contributed by atoms with E-state index in [0.29, 0.717) is 0 Å². The number of carbonyl (C=O) groups is 1. The first-order valence-electron chi connectivity index (χ1n) is 4.71. The molecule has 2 nitrogen and oxygen atoms in total. The van der Waals surface area contributed by atoms with Gasteiger partial charge < -0.3 is 5.11 Å². The van der Waals surface area contributed by atoms with Crippen LogP contribution in [0.25, 0.3) is 6.08 Å². The van der Waals surface area contributed by atoms with Gasteiger partial charge in [0.05, 0.1) is 5.56 Å². The van der Waals surface area contributed by atoms with Crippen molar-refractivity contribution in [3.63, 3.8) is 0 Å². The molecule has 3 heteroatoms. The number of allylic oxidation sites excluding steroid dienone is 1. The molecule has 0 aliphatic heterocycles. The molecule has 0 atom stereocenters. The van der Waals surface area contributed by atoms with Crippen LogP contribution >= 0.6 is 0 Å². The minimum Gasteiger partial charge on any atom is -0.507 e. The molecular formula is C12H13FO2. The Bertz CT molecular complexity index is 374. The van der Waals surface area contributed by atoms with E-state index in [2.05, 4.69) is 0 Å². The van der Waals surface area contributed by atoms with E-state index >= 15 is 0 Å². The van der Waals surface area contributed by atoms with E-state index in [1.807, 2.05) is 0 Å². The molecule has 0 aromatic heterocycles. The summed E-state index contributed by atoms with van der Waals surface area (Å²) in [7, 11) is 0. The number of benzene rings is 1. The summed E-state index contributed by atoms with van der Waals surface area (Å²) >= 11 is 0. The van der Waals surface area contributed by atoms with Gasteiger partial charge in [-0.2, -0.15) is 0 Å². The van der Waals surface area contributed by atoms with Crippen LogP contribution in [0.4, 0.5) is 4.39 Å². The summed E-state index contributed by atoms with van der Waals surface area (Å²) in [5, 5.41) is 9.34. The Morgan fingerprint density at radius 1 is 1.47 bits per heavy atom. The average Bonchev–Trinajstić information content (AvgIpc) is 2.16. The van der Waals surface area contributed by atoms with Crippen LogP contribution < -0.4 is 0 Å². The minimum atomic E-state index is -0.539. The van der Waals surface area contributed by atoms with E-state index in [9.17, 15) is 14.3 Å². The molecule has 0 amide bonds. The molecule has 0 radical (unpaired) electrons. The molecule has 0 fully saturated rings. The van der Waals surface area contributed by atoms with E-state index in [4.69, 9.17) is 0 Å². The number of hydrogen-bond acceptors (Lipinski definition) is 2. The summed E-state index contributed by atoms with van der Waals surface area (Å²) in [5.41, 5.74) is 0.0477. The molecular weight excluding hydrogens is 195 g/mol. The summed E-state index contributed by atoms with van der Waals surface area (Å²) in [6.07, 6.45) is 2.58. The predicted octanol–water partition coefficient (Wildman–Crippen LogP) is 2.77. The third-order valence-electron chi connectivity index (χ3n) is 2.01. The lowest BCUT2D eigenvalue weighted by atomic mass is 10.1. The second-order valence-electron chi connectivity index (χ2n) is 3.56. The number of hydrogen-bond donors (Lipinski definition) is 1. The zero-order valence-corrected chi connectivity index (χ0v) is 8.70. The largest absolute Gasteiger partial charge is 0.507 e. The van der Waals surface area contributed by atoms with Crippen molar-refractivity contribution < 1.29 is 14.3 Å². The normalized spacial score (nSPS) is 11.2. The molecule has 0 heterocycles. The Morgan fingerprint density at radius 3 is 2.67 bits per heavy atom. The highest BCUT2D eigenvalue weighted by atomic mass is 19.1. The second-order valence-corrected chi connectivity index (χ2v) is 3.56. The number of halogens is 1. The predicted molar refractivity (Wildman–Crippen MR) is 56.9 cm³/mol. The fourth-order valence-electron chi connectivity index (χ4n) is 1.05. The summed E-state index contributed by atoms with van der Waals surface area (Å²) < 4.78 is 13.2. The van der Waals surface area contributed by atoms with Gasteiger partial charge in [0.2, 0.25) is 0 Å². The topological polar surface area (TPSA) is 37.3 Å². The maximum Gasteiger partial charge on any atom is 0.158 e. The first-order valence-corrected chi connectivity index (χ1v) is 4.71. The molecule has 0 saturated heterocycles. The first kappa shape index (κ1) is 11.4. The van der Waals surface area contributed by atoms with Crippen molar-refractivity contribution in [2.24, 2.45) is 5.92 Å². The van der Waals surface area contributed by atoms with Crippen molar-refractivity contribution in [3.05, 3.63) is 35.7 Å². The van der Waals surface area contributed by atoms with Crippen molar-refractivity contribution in [1.29, 1.82) is 0 Å². The molecule has 0 aliphatic rings. The van der Waals surface area contributed by atoms with Crippen LogP contribution in [-0.2, 0) is 4.79 Å². The minimum absolute atomic E-state index is 0.0477. The van der Waals surface area contributed by atoms with Crippen LogP contribution in [-0.4, -0.2) is 10.9 Å².